The first kappa shape index (κ1) is 17.9. The van der Waals surface area contributed by atoms with Crippen molar-refractivity contribution in [1.82, 2.24) is 5.32 Å². The molecule has 2 heterocycles. The fourth-order valence-corrected chi connectivity index (χ4v) is 3.85. The van der Waals surface area contributed by atoms with Crippen molar-refractivity contribution in [1.29, 1.82) is 5.26 Å². The second kappa shape index (κ2) is 7.54. The fourth-order valence-electron chi connectivity index (χ4n) is 3.08. The Hall–Kier alpha value is -2.92. The number of nitrogens with one attached hydrogen (secondary N) is 1. The molecule has 0 atom stereocenters. The van der Waals surface area contributed by atoms with Gasteiger partial charge < -0.3 is 10.2 Å². The Morgan fingerprint density at radius 1 is 1.35 bits per heavy atom. The van der Waals surface area contributed by atoms with E-state index >= 15 is 0 Å². The van der Waals surface area contributed by atoms with E-state index in [0.29, 0.717) is 29.2 Å². The summed E-state index contributed by atoms with van der Waals surface area (Å²) in [4.78, 5) is 26.5. The van der Waals surface area contributed by atoms with Gasteiger partial charge in [-0.2, -0.15) is 5.26 Å². The van der Waals surface area contributed by atoms with Crippen LogP contribution in [0.15, 0.2) is 30.3 Å². The molecule has 8 heteroatoms. The molecule has 1 aromatic carbocycles. The van der Waals surface area contributed by atoms with Crippen molar-refractivity contribution in [3.05, 3.63) is 55.8 Å². The smallest absolute Gasteiger partial charge is 0.270 e. The maximum Gasteiger partial charge on any atom is 0.270 e. The van der Waals surface area contributed by atoms with Crippen LogP contribution < -0.4 is 10.2 Å². The zero-order chi connectivity index (χ0) is 18.7. The first-order valence-electron chi connectivity index (χ1n) is 8.28. The van der Waals surface area contributed by atoms with Crippen molar-refractivity contribution in [3.8, 4) is 6.07 Å². The van der Waals surface area contributed by atoms with Gasteiger partial charge in [0.1, 0.15) is 6.07 Å². The van der Waals surface area contributed by atoms with Gasteiger partial charge in [-0.05, 0) is 38.0 Å². The Bertz CT molecular complexity index is 879. The molecule has 1 aliphatic heterocycles. The van der Waals surface area contributed by atoms with Crippen molar-refractivity contribution >= 4 is 28.6 Å². The minimum Gasteiger partial charge on any atom is -0.370 e. The molecular formula is C18H18N4O3S. The van der Waals surface area contributed by atoms with Crippen LogP contribution in [0.1, 0.15) is 33.0 Å². The number of piperidine rings is 1. The van der Waals surface area contributed by atoms with E-state index < -0.39 is 4.92 Å². The number of thiophene rings is 1. The van der Waals surface area contributed by atoms with Gasteiger partial charge >= 0.3 is 0 Å². The number of nitro benzene ring substituents is 1. The number of hydrogen-bond donors (Lipinski definition) is 1. The number of non-ortho nitro benzene ring substituents is 1. The molecule has 0 bridgehead atoms. The van der Waals surface area contributed by atoms with Crippen molar-refractivity contribution in [3.63, 3.8) is 0 Å². The van der Waals surface area contributed by atoms with Crippen molar-refractivity contribution < 1.29 is 9.72 Å². The highest BCUT2D eigenvalue weighted by Gasteiger charge is 2.24. The van der Waals surface area contributed by atoms with Crippen LogP contribution in [0.25, 0.3) is 0 Å². The second-order valence-corrected chi connectivity index (χ2v) is 7.50. The molecule has 1 aromatic heterocycles. The van der Waals surface area contributed by atoms with E-state index in [1.54, 1.807) is 6.07 Å². The van der Waals surface area contributed by atoms with E-state index in [1.165, 1.54) is 23.5 Å². The summed E-state index contributed by atoms with van der Waals surface area (Å²) in [5.74, 6) is -0.0467. The molecule has 0 unspecified atom stereocenters. The summed E-state index contributed by atoms with van der Waals surface area (Å²) >= 11 is 1.48. The van der Waals surface area contributed by atoms with E-state index in [9.17, 15) is 20.2 Å². The predicted molar refractivity (Wildman–Crippen MR) is 99.6 cm³/mol. The molecule has 134 valence electrons. The third kappa shape index (κ3) is 3.83. The largest absolute Gasteiger partial charge is 0.370 e. The molecule has 0 radical (unpaired) electrons. The molecule has 1 saturated heterocycles. The van der Waals surface area contributed by atoms with Crippen LogP contribution >= 0.6 is 11.3 Å². The highest BCUT2D eigenvalue weighted by atomic mass is 32.1. The number of carbonyl (C=O) groups is 1. The van der Waals surface area contributed by atoms with E-state index in [4.69, 9.17) is 0 Å². The lowest BCUT2D eigenvalue weighted by Gasteiger charge is -2.34. The SMILES string of the molecule is Cc1ccc(C(=O)NC2CCN(c3ccc([N+](=O)[O-])cc3C#N)CC2)s1. The maximum absolute atomic E-state index is 12.3. The average Bonchev–Trinajstić information content (AvgIpc) is 3.08. The summed E-state index contributed by atoms with van der Waals surface area (Å²) in [6.45, 7) is 3.33. The summed E-state index contributed by atoms with van der Waals surface area (Å²) in [6.07, 6.45) is 1.52. The molecule has 26 heavy (non-hydrogen) atoms. The van der Waals surface area contributed by atoms with Gasteiger partial charge in [0.15, 0.2) is 0 Å². The highest BCUT2D eigenvalue weighted by Crippen LogP contribution is 2.27. The first-order chi connectivity index (χ1) is 12.5. The summed E-state index contributed by atoms with van der Waals surface area (Å²) in [5.41, 5.74) is 0.922. The standard InChI is InChI=1S/C18H18N4O3S/c1-12-2-5-17(26-12)18(23)20-14-6-8-21(9-7-14)16-4-3-15(22(24)25)10-13(16)11-19/h2-5,10,14H,6-9H2,1H3,(H,20,23). The minimum absolute atomic E-state index is 0.0467. The number of aryl methyl sites for hydroxylation is 1. The summed E-state index contributed by atoms with van der Waals surface area (Å²) < 4.78 is 0. The lowest BCUT2D eigenvalue weighted by molar-refractivity contribution is -0.384. The molecular weight excluding hydrogens is 352 g/mol. The first-order valence-corrected chi connectivity index (χ1v) is 9.10. The number of hydrogen-bond acceptors (Lipinski definition) is 6. The van der Waals surface area contributed by atoms with Gasteiger partial charge in [0.05, 0.1) is 21.1 Å². The number of amides is 1. The van der Waals surface area contributed by atoms with Crippen molar-refractivity contribution in [2.24, 2.45) is 0 Å². The van der Waals surface area contributed by atoms with Gasteiger partial charge in [-0.3, -0.25) is 14.9 Å². The molecule has 3 rings (SSSR count). The van der Waals surface area contributed by atoms with Gasteiger partial charge in [0.2, 0.25) is 0 Å². The Labute approximate surface area is 155 Å². The molecule has 1 fully saturated rings. The van der Waals surface area contributed by atoms with Gasteiger partial charge in [-0.1, -0.05) is 0 Å². The summed E-state index contributed by atoms with van der Waals surface area (Å²) in [7, 11) is 0. The van der Waals surface area contributed by atoms with Crippen molar-refractivity contribution in [2.45, 2.75) is 25.8 Å². The van der Waals surface area contributed by atoms with E-state index in [2.05, 4.69) is 5.32 Å². The molecule has 0 aliphatic carbocycles. The Balaban J connectivity index is 1.63. The fraction of sp³-hybridized carbons (Fsp3) is 0.333. The Morgan fingerprint density at radius 2 is 2.08 bits per heavy atom. The van der Waals surface area contributed by atoms with Gasteiger partial charge in [0, 0.05) is 36.1 Å². The number of benzene rings is 1. The molecule has 2 aromatic rings. The summed E-state index contributed by atoms with van der Waals surface area (Å²) in [6, 6.07) is 10.2. The molecule has 7 nitrogen and oxygen atoms in total. The zero-order valence-corrected chi connectivity index (χ0v) is 15.1. The third-order valence-electron chi connectivity index (χ3n) is 4.45. The zero-order valence-electron chi connectivity index (χ0n) is 14.3. The molecule has 0 spiro atoms. The highest BCUT2D eigenvalue weighted by molar-refractivity contribution is 7.13. The molecule has 1 aliphatic rings. The lowest BCUT2D eigenvalue weighted by Crippen LogP contribution is -2.44. The van der Waals surface area contributed by atoms with Crippen LogP contribution in [-0.2, 0) is 0 Å². The van der Waals surface area contributed by atoms with Gasteiger partial charge in [-0.15, -0.1) is 11.3 Å². The number of nitriles is 1. The van der Waals surface area contributed by atoms with Crippen LogP contribution in [0.4, 0.5) is 11.4 Å². The van der Waals surface area contributed by atoms with Crippen LogP contribution in [0.5, 0.6) is 0 Å². The summed E-state index contributed by atoms with van der Waals surface area (Å²) in [5, 5.41) is 23.2. The topological polar surface area (TPSA) is 99.3 Å². The third-order valence-corrected chi connectivity index (χ3v) is 5.45. The molecule has 1 N–H and O–H groups in total. The lowest BCUT2D eigenvalue weighted by atomic mass is 10.0. The maximum atomic E-state index is 12.3. The van der Waals surface area contributed by atoms with E-state index in [0.717, 1.165) is 17.7 Å². The average molecular weight is 370 g/mol. The Morgan fingerprint density at radius 3 is 2.65 bits per heavy atom. The predicted octanol–water partition coefficient (Wildman–Crippen LogP) is 3.24. The molecule has 1 amide bonds. The molecule has 0 saturated carbocycles. The number of rotatable bonds is 4. The quantitative estimate of drug-likeness (QED) is 0.658. The van der Waals surface area contributed by atoms with Crippen molar-refractivity contribution in [2.75, 3.05) is 18.0 Å². The van der Waals surface area contributed by atoms with Gasteiger partial charge in [-0.25, -0.2) is 0 Å². The number of nitrogens with zero attached hydrogens (tertiary/aromatic N) is 3. The number of nitro groups is 1. The van der Waals surface area contributed by atoms with Crippen LogP contribution in [-0.4, -0.2) is 30.0 Å². The Kier molecular flexibility index (Phi) is 5.19. The van der Waals surface area contributed by atoms with Crippen LogP contribution in [0, 0.1) is 28.4 Å². The van der Waals surface area contributed by atoms with Crippen LogP contribution in [0.2, 0.25) is 0 Å². The minimum atomic E-state index is -0.501. The van der Waals surface area contributed by atoms with E-state index in [-0.39, 0.29) is 17.6 Å². The van der Waals surface area contributed by atoms with E-state index in [1.807, 2.05) is 30.0 Å². The number of carbonyl (C=O) groups excluding carboxylic acids is 1. The van der Waals surface area contributed by atoms with Gasteiger partial charge in [0.25, 0.3) is 11.6 Å². The second-order valence-electron chi connectivity index (χ2n) is 6.22. The number of anilines is 1. The van der Waals surface area contributed by atoms with Crippen LogP contribution in [0.3, 0.4) is 0 Å². The monoisotopic (exact) mass is 370 g/mol. The normalized spacial score (nSPS) is 14.7.